The van der Waals surface area contributed by atoms with Crippen LogP contribution >= 0.6 is 0 Å². The first-order valence-electron chi connectivity index (χ1n) is 8.09. The SMILES string of the molecule is O=C(COC(=O)CCCN1C(=O)CNC1=O)NC1CCCCC1. The molecule has 1 saturated carbocycles. The van der Waals surface area contributed by atoms with Crippen molar-refractivity contribution >= 4 is 23.8 Å². The summed E-state index contributed by atoms with van der Waals surface area (Å²) in [6.07, 6.45) is 5.78. The number of urea groups is 1. The van der Waals surface area contributed by atoms with Gasteiger partial charge in [-0.3, -0.25) is 19.3 Å². The number of nitrogens with one attached hydrogen (secondary N) is 2. The van der Waals surface area contributed by atoms with Crippen molar-refractivity contribution in [2.24, 2.45) is 0 Å². The van der Waals surface area contributed by atoms with Crippen LogP contribution in [0.2, 0.25) is 0 Å². The van der Waals surface area contributed by atoms with Crippen LogP contribution < -0.4 is 10.6 Å². The van der Waals surface area contributed by atoms with Gasteiger partial charge in [-0.15, -0.1) is 0 Å². The topological polar surface area (TPSA) is 105 Å². The zero-order valence-corrected chi connectivity index (χ0v) is 13.1. The van der Waals surface area contributed by atoms with Gasteiger partial charge in [-0.1, -0.05) is 19.3 Å². The summed E-state index contributed by atoms with van der Waals surface area (Å²) >= 11 is 0. The summed E-state index contributed by atoms with van der Waals surface area (Å²) in [6.45, 7) is -0.100. The van der Waals surface area contributed by atoms with E-state index in [9.17, 15) is 19.2 Å². The number of hydrogen-bond donors (Lipinski definition) is 2. The lowest BCUT2D eigenvalue weighted by Crippen LogP contribution is -2.38. The van der Waals surface area contributed by atoms with Gasteiger partial charge in [0.05, 0.1) is 6.54 Å². The number of rotatable bonds is 7. The Labute approximate surface area is 134 Å². The summed E-state index contributed by atoms with van der Waals surface area (Å²) in [4.78, 5) is 47.0. The van der Waals surface area contributed by atoms with E-state index in [0.29, 0.717) is 6.42 Å². The Morgan fingerprint density at radius 1 is 1.22 bits per heavy atom. The summed E-state index contributed by atoms with van der Waals surface area (Å²) in [6, 6.07) is -0.245. The fraction of sp³-hybridized carbons (Fsp3) is 0.733. The minimum atomic E-state index is -0.504. The molecule has 23 heavy (non-hydrogen) atoms. The number of carbonyl (C=O) groups is 4. The molecule has 0 aromatic carbocycles. The number of imide groups is 1. The molecule has 2 rings (SSSR count). The van der Waals surface area contributed by atoms with Crippen molar-refractivity contribution in [3.05, 3.63) is 0 Å². The third-order valence-electron chi connectivity index (χ3n) is 4.03. The Hall–Kier alpha value is -2.12. The second kappa shape index (κ2) is 8.50. The molecule has 1 aliphatic carbocycles. The van der Waals surface area contributed by atoms with Crippen molar-refractivity contribution in [1.29, 1.82) is 0 Å². The highest BCUT2D eigenvalue weighted by Gasteiger charge is 2.27. The molecular weight excluding hydrogens is 302 g/mol. The van der Waals surface area contributed by atoms with E-state index in [1.165, 1.54) is 6.42 Å². The normalized spacial score (nSPS) is 18.7. The van der Waals surface area contributed by atoms with E-state index < -0.39 is 12.0 Å². The second-order valence-electron chi connectivity index (χ2n) is 5.87. The Morgan fingerprint density at radius 2 is 1.96 bits per heavy atom. The third kappa shape index (κ3) is 5.54. The van der Waals surface area contributed by atoms with Gasteiger partial charge >= 0.3 is 12.0 Å². The van der Waals surface area contributed by atoms with Crippen molar-refractivity contribution in [3.8, 4) is 0 Å². The van der Waals surface area contributed by atoms with Gasteiger partial charge in [0.1, 0.15) is 0 Å². The molecule has 1 aliphatic heterocycles. The molecule has 8 nitrogen and oxygen atoms in total. The van der Waals surface area contributed by atoms with Gasteiger partial charge in [0.2, 0.25) is 5.91 Å². The molecule has 0 radical (unpaired) electrons. The zero-order chi connectivity index (χ0) is 16.7. The molecule has 0 unspecified atom stereocenters. The summed E-state index contributed by atoms with van der Waals surface area (Å²) < 4.78 is 4.91. The largest absolute Gasteiger partial charge is 0.456 e. The first kappa shape index (κ1) is 17.2. The average Bonchev–Trinajstić information content (AvgIpc) is 2.86. The molecule has 1 heterocycles. The van der Waals surface area contributed by atoms with Gasteiger partial charge in [0, 0.05) is 19.0 Å². The lowest BCUT2D eigenvalue weighted by atomic mass is 9.95. The van der Waals surface area contributed by atoms with Crippen LogP contribution in [0.4, 0.5) is 4.79 Å². The van der Waals surface area contributed by atoms with Crippen LogP contribution in [0, 0.1) is 0 Å². The molecule has 0 bridgehead atoms. The van der Waals surface area contributed by atoms with E-state index in [0.717, 1.165) is 30.6 Å². The first-order valence-corrected chi connectivity index (χ1v) is 8.09. The number of ether oxygens (including phenoxy) is 1. The van der Waals surface area contributed by atoms with E-state index in [2.05, 4.69) is 10.6 Å². The van der Waals surface area contributed by atoms with Crippen LogP contribution in [-0.2, 0) is 19.1 Å². The standard InChI is InChI=1S/C15H23N3O5/c19-12(17-11-5-2-1-3-6-11)10-23-14(21)7-4-8-18-13(20)9-16-15(18)22/h11H,1-10H2,(H,16,22)(H,17,19). The maximum Gasteiger partial charge on any atom is 0.324 e. The maximum absolute atomic E-state index is 11.7. The molecule has 4 amide bonds. The van der Waals surface area contributed by atoms with Gasteiger partial charge in [0.25, 0.3) is 5.91 Å². The summed E-state index contributed by atoms with van der Waals surface area (Å²) in [5.74, 6) is -1.08. The second-order valence-corrected chi connectivity index (χ2v) is 5.87. The average molecular weight is 325 g/mol. The highest BCUT2D eigenvalue weighted by molar-refractivity contribution is 6.01. The predicted octanol–water partition coefficient (Wildman–Crippen LogP) is 0.311. The number of nitrogens with zero attached hydrogens (tertiary/aromatic N) is 1. The lowest BCUT2D eigenvalue weighted by molar-refractivity contribution is -0.149. The number of esters is 1. The van der Waals surface area contributed by atoms with Crippen LogP contribution in [0.5, 0.6) is 0 Å². The van der Waals surface area contributed by atoms with Crippen molar-refractivity contribution in [3.63, 3.8) is 0 Å². The van der Waals surface area contributed by atoms with Crippen LogP contribution in [0.3, 0.4) is 0 Å². The van der Waals surface area contributed by atoms with Gasteiger partial charge in [-0.05, 0) is 19.3 Å². The Balaban J connectivity index is 1.56. The monoisotopic (exact) mass is 325 g/mol. The summed E-state index contributed by atoms with van der Waals surface area (Å²) in [5, 5.41) is 5.27. The first-order chi connectivity index (χ1) is 11.1. The van der Waals surface area contributed by atoms with Crippen molar-refractivity contribution in [2.45, 2.75) is 51.0 Å². The highest BCUT2D eigenvalue weighted by Crippen LogP contribution is 2.17. The van der Waals surface area contributed by atoms with Crippen LogP contribution in [-0.4, -0.2) is 54.5 Å². The van der Waals surface area contributed by atoms with Crippen LogP contribution in [0.25, 0.3) is 0 Å². The summed E-state index contributed by atoms with van der Waals surface area (Å²) in [7, 11) is 0. The van der Waals surface area contributed by atoms with E-state index >= 15 is 0 Å². The Morgan fingerprint density at radius 3 is 2.61 bits per heavy atom. The fourth-order valence-electron chi connectivity index (χ4n) is 2.80. The molecule has 0 aromatic heterocycles. The molecule has 1 saturated heterocycles. The maximum atomic E-state index is 11.7. The van der Waals surface area contributed by atoms with Gasteiger partial charge < -0.3 is 15.4 Å². The number of amides is 4. The molecule has 8 heteroatoms. The van der Waals surface area contributed by atoms with E-state index in [1.807, 2.05) is 0 Å². The molecule has 2 aliphatic rings. The van der Waals surface area contributed by atoms with Gasteiger partial charge in [0.15, 0.2) is 6.61 Å². The highest BCUT2D eigenvalue weighted by atomic mass is 16.5. The predicted molar refractivity (Wildman–Crippen MR) is 80.3 cm³/mol. The Bertz CT molecular complexity index is 458. The van der Waals surface area contributed by atoms with E-state index in [4.69, 9.17) is 4.74 Å². The molecule has 2 fully saturated rings. The molecule has 128 valence electrons. The minimum Gasteiger partial charge on any atom is -0.456 e. The van der Waals surface area contributed by atoms with E-state index in [-0.39, 0.29) is 44.0 Å². The fourth-order valence-corrected chi connectivity index (χ4v) is 2.80. The smallest absolute Gasteiger partial charge is 0.324 e. The van der Waals surface area contributed by atoms with Crippen LogP contribution in [0.15, 0.2) is 0 Å². The zero-order valence-electron chi connectivity index (χ0n) is 13.1. The molecule has 2 N–H and O–H groups in total. The quantitative estimate of drug-likeness (QED) is 0.518. The van der Waals surface area contributed by atoms with Crippen LogP contribution in [0.1, 0.15) is 44.9 Å². The van der Waals surface area contributed by atoms with Crippen molar-refractivity contribution in [2.75, 3.05) is 19.7 Å². The number of carbonyl (C=O) groups excluding carboxylic acids is 4. The summed E-state index contributed by atoms with van der Waals surface area (Å²) in [5.41, 5.74) is 0. The van der Waals surface area contributed by atoms with Gasteiger partial charge in [-0.2, -0.15) is 0 Å². The molecule has 0 spiro atoms. The third-order valence-corrected chi connectivity index (χ3v) is 4.03. The molecule has 0 aromatic rings. The Kier molecular flexibility index (Phi) is 6.37. The van der Waals surface area contributed by atoms with Crippen molar-refractivity contribution in [1.82, 2.24) is 15.5 Å². The molecular formula is C15H23N3O5. The van der Waals surface area contributed by atoms with E-state index in [1.54, 1.807) is 0 Å². The van der Waals surface area contributed by atoms with Gasteiger partial charge in [-0.25, -0.2) is 4.79 Å². The van der Waals surface area contributed by atoms with Crippen molar-refractivity contribution < 1.29 is 23.9 Å². The molecule has 0 atom stereocenters. The lowest BCUT2D eigenvalue weighted by Gasteiger charge is -2.22. The minimum absolute atomic E-state index is 0.00458. The number of hydrogen-bond acceptors (Lipinski definition) is 5.